The molecule has 1 saturated heterocycles. The molecule has 0 aromatic heterocycles. The van der Waals surface area contributed by atoms with Crippen LogP contribution in [0.4, 0.5) is 0 Å². The molecule has 0 aromatic carbocycles. The Balaban J connectivity index is 2.02. The Hall–Kier alpha value is -0.120. The van der Waals surface area contributed by atoms with E-state index in [4.69, 9.17) is 4.74 Å². The van der Waals surface area contributed by atoms with Crippen LogP contribution in [0.5, 0.6) is 0 Å². The predicted molar refractivity (Wildman–Crippen MR) is 82.6 cm³/mol. The van der Waals surface area contributed by atoms with Gasteiger partial charge < -0.3 is 15.0 Å². The van der Waals surface area contributed by atoms with Crippen molar-refractivity contribution in [1.82, 2.24) is 10.2 Å². The Bertz CT molecular complexity index is 223. The van der Waals surface area contributed by atoms with E-state index in [1.165, 1.54) is 32.4 Å². The molecule has 1 N–H and O–H groups in total. The molecule has 0 aromatic rings. The van der Waals surface area contributed by atoms with Gasteiger partial charge in [-0.05, 0) is 38.4 Å². The van der Waals surface area contributed by atoms with Crippen LogP contribution in [0.3, 0.4) is 0 Å². The SMILES string of the molecule is CC(C)CNCC(C)(C)COCCN1CCCCC1. The fourth-order valence-electron chi connectivity index (χ4n) is 2.48. The van der Waals surface area contributed by atoms with E-state index in [0.717, 1.165) is 38.8 Å². The monoisotopic (exact) mass is 270 g/mol. The zero-order valence-corrected chi connectivity index (χ0v) is 13.5. The molecule has 0 saturated carbocycles. The Morgan fingerprint density at radius 3 is 2.47 bits per heavy atom. The van der Waals surface area contributed by atoms with Crippen molar-refractivity contribution in [3.05, 3.63) is 0 Å². The van der Waals surface area contributed by atoms with Crippen molar-refractivity contribution in [1.29, 1.82) is 0 Å². The lowest BCUT2D eigenvalue weighted by Gasteiger charge is -2.28. The lowest BCUT2D eigenvalue weighted by molar-refractivity contribution is 0.0441. The van der Waals surface area contributed by atoms with E-state index < -0.39 is 0 Å². The third kappa shape index (κ3) is 8.61. The predicted octanol–water partition coefficient (Wildman–Crippen LogP) is 2.76. The summed E-state index contributed by atoms with van der Waals surface area (Å²) in [4.78, 5) is 2.54. The van der Waals surface area contributed by atoms with E-state index in [9.17, 15) is 0 Å². The minimum absolute atomic E-state index is 0.233. The van der Waals surface area contributed by atoms with Crippen LogP contribution in [0.2, 0.25) is 0 Å². The number of likely N-dealkylation sites (tertiary alicyclic amines) is 1. The summed E-state index contributed by atoms with van der Waals surface area (Å²) in [6.45, 7) is 16.6. The van der Waals surface area contributed by atoms with E-state index in [1.807, 2.05) is 0 Å². The number of nitrogens with zero attached hydrogens (tertiary/aromatic N) is 1. The van der Waals surface area contributed by atoms with Gasteiger partial charge in [-0.3, -0.25) is 0 Å². The molecular formula is C16H34N2O. The second-order valence-electron chi connectivity index (χ2n) is 7.14. The van der Waals surface area contributed by atoms with E-state index in [2.05, 4.69) is 37.9 Å². The lowest BCUT2D eigenvalue weighted by Crippen LogP contribution is -2.36. The highest BCUT2D eigenvalue weighted by atomic mass is 16.5. The first-order valence-corrected chi connectivity index (χ1v) is 8.00. The first-order chi connectivity index (χ1) is 8.99. The highest BCUT2D eigenvalue weighted by Gasteiger charge is 2.18. The standard InChI is InChI=1S/C16H34N2O/c1-15(2)12-17-13-16(3,4)14-19-11-10-18-8-6-5-7-9-18/h15,17H,5-14H2,1-4H3. The molecule has 0 bridgehead atoms. The Morgan fingerprint density at radius 2 is 1.84 bits per heavy atom. The molecule has 0 spiro atoms. The fraction of sp³-hybridized carbons (Fsp3) is 1.00. The molecule has 114 valence electrons. The van der Waals surface area contributed by atoms with Gasteiger partial charge in [-0.15, -0.1) is 0 Å². The van der Waals surface area contributed by atoms with Gasteiger partial charge in [0.05, 0.1) is 13.2 Å². The third-order valence-electron chi connectivity index (χ3n) is 3.65. The summed E-state index contributed by atoms with van der Waals surface area (Å²) in [5.74, 6) is 0.718. The van der Waals surface area contributed by atoms with Crippen molar-refractivity contribution in [2.45, 2.75) is 47.0 Å². The van der Waals surface area contributed by atoms with Gasteiger partial charge in [0, 0.05) is 18.5 Å². The summed E-state index contributed by atoms with van der Waals surface area (Å²) < 4.78 is 5.88. The average molecular weight is 270 g/mol. The van der Waals surface area contributed by atoms with Gasteiger partial charge >= 0.3 is 0 Å². The highest BCUT2D eigenvalue weighted by Crippen LogP contribution is 2.14. The second-order valence-corrected chi connectivity index (χ2v) is 7.14. The van der Waals surface area contributed by atoms with E-state index >= 15 is 0 Å². The van der Waals surface area contributed by atoms with Crippen LogP contribution in [0.1, 0.15) is 47.0 Å². The van der Waals surface area contributed by atoms with Crippen molar-refractivity contribution in [2.75, 3.05) is 45.9 Å². The molecule has 0 unspecified atom stereocenters. The molecule has 19 heavy (non-hydrogen) atoms. The number of rotatable bonds is 9. The first-order valence-electron chi connectivity index (χ1n) is 8.00. The summed E-state index contributed by atoms with van der Waals surface area (Å²) in [7, 11) is 0. The zero-order valence-electron chi connectivity index (χ0n) is 13.5. The zero-order chi connectivity index (χ0) is 14.1. The molecule has 0 amide bonds. The van der Waals surface area contributed by atoms with Crippen LogP contribution in [-0.4, -0.2) is 50.8 Å². The van der Waals surface area contributed by atoms with E-state index in [-0.39, 0.29) is 5.41 Å². The molecule has 1 heterocycles. The average Bonchev–Trinajstić information content (AvgIpc) is 2.35. The third-order valence-corrected chi connectivity index (χ3v) is 3.65. The largest absolute Gasteiger partial charge is 0.380 e. The molecule has 1 fully saturated rings. The normalized spacial score (nSPS) is 18.2. The molecule has 3 heteroatoms. The van der Waals surface area contributed by atoms with Crippen LogP contribution in [0.15, 0.2) is 0 Å². The van der Waals surface area contributed by atoms with Gasteiger partial charge in [-0.25, -0.2) is 0 Å². The van der Waals surface area contributed by atoms with Crippen LogP contribution in [0, 0.1) is 11.3 Å². The summed E-state index contributed by atoms with van der Waals surface area (Å²) in [6, 6.07) is 0. The van der Waals surface area contributed by atoms with Gasteiger partial charge in [0.2, 0.25) is 0 Å². The van der Waals surface area contributed by atoms with Crippen molar-refractivity contribution in [3.63, 3.8) is 0 Å². The van der Waals surface area contributed by atoms with Gasteiger partial charge in [-0.2, -0.15) is 0 Å². The topological polar surface area (TPSA) is 24.5 Å². The first kappa shape index (κ1) is 16.9. The van der Waals surface area contributed by atoms with Crippen molar-refractivity contribution < 1.29 is 4.74 Å². The van der Waals surface area contributed by atoms with Crippen molar-refractivity contribution in [2.24, 2.45) is 11.3 Å². The molecule has 0 aliphatic carbocycles. The summed E-state index contributed by atoms with van der Waals surface area (Å²) in [6.07, 6.45) is 4.14. The van der Waals surface area contributed by atoms with Crippen molar-refractivity contribution in [3.8, 4) is 0 Å². The molecular weight excluding hydrogens is 236 g/mol. The van der Waals surface area contributed by atoms with Crippen molar-refractivity contribution >= 4 is 0 Å². The van der Waals surface area contributed by atoms with Gasteiger partial charge in [0.25, 0.3) is 0 Å². The maximum Gasteiger partial charge on any atom is 0.0593 e. The lowest BCUT2D eigenvalue weighted by atomic mass is 9.94. The summed E-state index contributed by atoms with van der Waals surface area (Å²) in [5, 5.41) is 3.52. The highest BCUT2D eigenvalue weighted by molar-refractivity contribution is 4.72. The molecule has 3 nitrogen and oxygen atoms in total. The maximum absolute atomic E-state index is 5.88. The fourth-order valence-corrected chi connectivity index (χ4v) is 2.48. The number of nitrogens with one attached hydrogen (secondary N) is 1. The van der Waals surface area contributed by atoms with Crippen LogP contribution in [0.25, 0.3) is 0 Å². The number of hydrogen-bond acceptors (Lipinski definition) is 3. The van der Waals surface area contributed by atoms with Crippen LogP contribution < -0.4 is 5.32 Å². The molecule has 0 atom stereocenters. The summed E-state index contributed by atoms with van der Waals surface area (Å²) in [5.41, 5.74) is 0.233. The number of piperidine rings is 1. The van der Waals surface area contributed by atoms with Crippen LogP contribution >= 0.6 is 0 Å². The maximum atomic E-state index is 5.88. The number of ether oxygens (including phenoxy) is 1. The summed E-state index contributed by atoms with van der Waals surface area (Å²) >= 11 is 0. The molecule has 1 aliphatic heterocycles. The second kappa shape index (κ2) is 8.93. The Morgan fingerprint density at radius 1 is 1.16 bits per heavy atom. The Kier molecular flexibility index (Phi) is 7.96. The molecule has 0 radical (unpaired) electrons. The Labute approximate surface area is 120 Å². The number of hydrogen-bond donors (Lipinski definition) is 1. The minimum Gasteiger partial charge on any atom is -0.380 e. The smallest absolute Gasteiger partial charge is 0.0593 e. The van der Waals surface area contributed by atoms with E-state index in [0.29, 0.717) is 0 Å². The van der Waals surface area contributed by atoms with Crippen LogP contribution in [-0.2, 0) is 4.74 Å². The van der Waals surface area contributed by atoms with E-state index in [1.54, 1.807) is 0 Å². The molecule has 1 rings (SSSR count). The van der Waals surface area contributed by atoms with Gasteiger partial charge in [-0.1, -0.05) is 34.1 Å². The van der Waals surface area contributed by atoms with Gasteiger partial charge in [0.1, 0.15) is 0 Å². The minimum atomic E-state index is 0.233. The molecule has 1 aliphatic rings. The quantitative estimate of drug-likeness (QED) is 0.652. The van der Waals surface area contributed by atoms with Gasteiger partial charge in [0.15, 0.2) is 0 Å².